The minimum atomic E-state index is -0.225. The number of aryl methyl sites for hydroxylation is 1. The van der Waals surface area contributed by atoms with Crippen LogP contribution in [0, 0.1) is 0 Å². The zero-order valence-electron chi connectivity index (χ0n) is 14.2. The Kier molecular flexibility index (Phi) is 4.10. The first-order valence-corrected chi connectivity index (χ1v) is 8.12. The normalized spacial score (nSPS) is 10.8. The van der Waals surface area contributed by atoms with Crippen LogP contribution in [0.3, 0.4) is 0 Å². The maximum absolute atomic E-state index is 12.3. The van der Waals surface area contributed by atoms with E-state index in [1.165, 1.54) is 0 Å². The molecule has 0 atom stereocenters. The van der Waals surface area contributed by atoms with Crippen LogP contribution in [0.5, 0.6) is 5.75 Å². The van der Waals surface area contributed by atoms with Crippen molar-refractivity contribution in [3.8, 4) is 11.4 Å². The molecule has 0 saturated heterocycles. The van der Waals surface area contributed by atoms with E-state index in [0.29, 0.717) is 5.75 Å². The molecule has 130 valence electrons. The molecule has 2 heterocycles. The lowest BCUT2D eigenvalue weighted by Gasteiger charge is -2.11. The van der Waals surface area contributed by atoms with Gasteiger partial charge in [0.2, 0.25) is 0 Å². The number of nitrogens with zero attached hydrogens (tertiary/aromatic N) is 4. The molecule has 26 heavy (non-hydrogen) atoms. The van der Waals surface area contributed by atoms with Gasteiger partial charge in [0.25, 0.3) is 5.91 Å². The molecule has 1 amide bonds. The number of amides is 1. The summed E-state index contributed by atoms with van der Waals surface area (Å²) in [5.41, 5.74) is 2.57. The first-order valence-electron chi connectivity index (χ1n) is 8.12. The van der Waals surface area contributed by atoms with Crippen molar-refractivity contribution in [2.75, 3.05) is 11.9 Å². The van der Waals surface area contributed by atoms with Gasteiger partial charge in [0, 0.05) is 24.4 Å². The lowest BCUT2D eigenvalue weighted by molar-refractivity contribution is -0.118. The summed E-state index contributed by atoms with van der Waals surface area (Å²) < 4.78 is 9.44. The number of anilines is 1. The van der Waals surface area contributed by atoms with Crippen LogP contribution in [0.2, 0.25) is 0 Å². The van der Waals surface area contributed by atoms with Gasteiger partial charge >= 0.3 is 0 Å². The van der Waals surface area contributed by atoms with Crippen LogP contribution < -0.4 is 10.1 Å². The minimum Gasteiger partial charge on any atom is -0.482 e. The Morgan fingerprint density at radius 1 is 1.12 bits per heavy atom. The predicted octanol–water partition coefficient (Wildman–Crippen LogP) is 2.78. The van der Waals surface area contributed by atoms with Crippen LogP contribution >= 0.6 is 0 Å². The quantitative estimate of drug-likeness (QED) is 0.602. The molecule has 0 spiro atoms. The Balaban J connectivity index is 1.45. The third-order valence-electron chi connectivity index (χ3n) is 4.09. The van der Waals surface area contributed by atoms with E-state index in [9.17, 15) is 4.79 Å². The van der Waals surface area contributed by atoms with Crippen molar-refractivity contribution in [3.05, 3.63) is 67.4 Å². The van der Waals surface area contributed by atoms with Crippen molar-refractivity contribution in [2.24, 2.45) is 7.05 Å². The van der Waals surface area contributed by atoms with E-state index in [2.05, 4.69) is 15.5 Å². The Bertz CT molecular complexity index is 1050. The summed E-state index contributed by atoms with van der Waals surface area (Å²) in [5.74, 6) is 0.359. The molecule has 0 unspecified atom stereocenters. The molecule has 0 aliphatic heterocycles. The second-order valence-electron chi connectivity index (χ2n) is 5.87. The molecule has 0 aliphatic rings. The number of hydrogen-bond donors (Lipinski definition) is 1. The van der Waals surface area contributed by atoms with Gasteiger partial charge in [-0.05, 0) is 35.7 Å². The minimum absolute atomic E-state index is 0.0929. The molecule has 0 radical (unpaired) electrons. The van der Waals surface area contributed by atoms with E-state index in [1.807, 2.05) is 60.3 Å². The number of benzene rings is 2. The maximum Gasteiger partial charge on any atom is 0.262 e. The van der Waals surface area contributed by atoms with Gasteiger partial charge in [-0.15, -0.1) is 10.2 Å². The number of nitrogens with one attached hydrogen (secondary N) is 1. The van der Waals surface area contributed by atoms with Crippen LogP contribution in [0.1, 0.15) is 0 Å². The van der Waals surface area contributed by atoms with Gasteiger partial charge in [-0.1, -0.05) is 18.2 Å². The monoisotopic (exact) mass is 347 g/mol. The van der Waals surface area contributed by atoms with E-state index < -0.39 is 0 Å². The highest BCUT2D eigenvalue weighted by Gasteiger charge is 2.09. The number of aromatic nitrogens is 4. The van der Waals surface area contributed by atoms with Crippen molar-refractivity contribution in [3.63, 3.8) is 0 Å². The van der Waals surface area contributed by atoms with E-state index in [0.717, 1.165) is 22.3 Å². The molecule has 0 aliphatic carbocycles. The Labute approximate surface area is 149 Å². The number of ether oxygens (including phenoxy) is 1. The zero-order valence-corrected chi connectivity index (χ0v) is 14.2. The molecule has 7 nitrogen and oxygen atoms in total. The van der Waals surface area contributed by atoms with Crippen molar-refractivity contribution < 1.29 is 9.53 Å². The second-order valence-corrected chi connectivity index (χ2v) is 5.87. The molecule has 2 aromatic carbocycles. The molecule has 4 rings (SSSR count). The number of rotatable bonds is 5. The lowest BCUT2D eigenvalue weighted by Crippen LogP contribution is -2.20. The highest BCUT2D eigenvalue weighted by Crippen LogP contribution is 2.22. The summed E-state index contributed by atoms with van der Waals surface area (Å²) in [6.07, 6.45) is 5.15. The van der Waals surface area contributed by atoms with Crippen LogP contribution in [-0.4, -0.2) is 31.8 Å². The van der Waals surface area contributed by atoms with Gasteiger partial charge in [-0.3, -0.25) is 9.36 Å². The highest BCUT2D eigenvalue weighted by molar-refractivity contribution is 5.94. The number of hydrogen-bond acceptors (Lipinski definition) is 4. The van der Waals surface area contributed by atoms with E-state index in [4.69, 9.17) is 4.74 Å². The number of fused-ring (bicyclic) bond motifs is 1. The first kappa shape index (κ1) is 15.9. The first-order chi connectivity index (χ1) is 12.7. The molecule has 1 N–H and O–H groups in total. The molecule has 0 bridgehead atoms. The van der Waals surface area contributed by atoms with Gasteiger partial charge in [0.05, 0.1) is 5.69 Å². The van der Waals surface area contributed by atoms with Gasteiger partial charge in [0.1, 0.15) is 18.4 Å². The van der Waals surface area contributed by atoms with Crippen LogP contribution in [0.4, 0.5) is 5.69 Å². The maximum atomic E-state index is 12.3. The largest absolute Gasteiger partial charge is 0.482 e. The molecule has 0 saturated carbocycles. The fourth-order valence-corrected chi connectivity index (χ4v) is 2.80. The summed E-state index contributed by atoms with van der Waals surface area (Å²) in [5, 5.41) is 11.6. The zero-order chi connectivity index (χ0) is 17.9. The Hall–Kier alpha value is -3.61. The van der Waals surface area contributed by atoms with Gasteiger partial charge < -0.3 is 14.6 Å². The van der Waals surface area contributed by atoms with Gasteiger partial charge in [-0.25, -0.2) is 0 Å². The number of carbonyl (C=O) groups is 1. The average molecular weight is 347 g/mol. The summed E-state index contributed by atoms with van der Waals surface area (Å²) in [4.78, 5) is 12.3. The molecular weight excluding hydrogens is 330 g/mol. The molecule has 0 fully saturated rings. The molecule has 7 heteroatoms. The molecule has 4 aromatic rings. The third-order valence-corrected chi connectivity index (χ3v) is 4.09. The predicted molar refractivity (Wildman–Crippen MR) is 98.4 cm³/mol. The summed E-state index contributed by atoms with van der Waals surface area (Å²) in [7, 11) is 1.97. The van der Waals surface area contributed by atoms with E-state index in [1.54, 1.807) is 23.3 Å². The highest BCUT2D eigenvalue weighted by atomic mass is 16.5. The molecular formula is C19H17N5O2. The van der Waals surface area contributed by atoms with Crippen molar-refractivity contribution in [1.29, 1.82) is 0 Å². The van der Waals surface area contributed by atoms with E-state index in [-0.39, 0.29) is 12.5 Å². The van der Waals surface area contributed by atoms with Crippen molar-refractivity contribution in [2.45, 2.75) is 0 Å². The third kappa shape index (κ3) is 3.14. The van der Waals surface area contributed by atoms with E-state index >= 15 is 0 Å². The summed E-state index contributed by atoms with van der Waals surface area (Å²) in [6, 6.07) is 15.3. The number of carbonyl (C=O) groups excluding carboxylic acids is 1. The SMILES string of the molecule is Cn1ccc2ccc(NC(=O)COc3ccccc3-n3cnnc3)cc21. The van der Waals surface area contributed by atoms with Crippen LogP contribution in [-0.2, 0) is 11.8 Å². The average Bonchev–Trinajstić information content (AvgIpc) is 3.31. The van der Waals surface area contributed by atoms with Gasteiger partial charge in [0.15, 0.2) is 6.61 Å². The lowest BCUT2D eigenvalue weighted by atomic mass is 10.2. The standard InChI is InChI=1S/C19H17N5O2/c1-23-9-8-14-6-7-15(10-17(14)23)22-19(25)11-26-18-5-3-2-4-16(18)24-12-20-21-13-24/h2-10,12-13H,11H2,1H3,(H,22,25). The summed E-state index contributed by atoms with van der Waals surface area (Å²) in [6.45, 7) is -0.0929. The fourth-order valence-electron chi connectivity index (χ4n) is 2.80. The van der Waals surface area contributed by atoms with Crippen molar-refractivity contribution >= 4 is 22.5 Å². The summed E-state index contributed by atoms with van der Waals surface area (Å²) >= 11 is 0. The number of para-hydroxylation sites is 2. The smallest absolute Gasteiger partial charge is 0.262 e. The fraction of sp³-hybridized carbons (Fsp3) is 0.105. The molecule has 2 aromatic heterocycles. The second kappa shape index (κ2) is 6.72. The Morgan fingerprint density at radius 3 is 2.77 bits per heavy atom. The topological polar surface area (TPSA) is 74.0 Å². The van der Waals surface area contributed by atoms with Crippen molar-refractivity contribution in [1.82, 2.24) is 19.3 Å². The van der Waals surface area contributed by atoms with Crippen LogP contribution in [0.25, 0.3) is 16.6 Å². The van der Waals surface area contributed by atoms with Crippen LogP contribution in [0.15, 0.2) is 67.4 Å². The van der Waals surface area contributed by atoms with Gasteiger partial charge in [-0.2, -0.15) is 0 Å². The Morgan fingerprint density at radius 2 is 1.92 bits per heavy atom.